The zero-order valence-electron chi connectivity index (χ0n) is 8.88. The molecule has 80 valence electrons. The molecule has 1 rings (SSSR count). The van der Waals surface area contributed by atoms with E-state index in [1.165, 1.54) is 0 Å². The number of rotatable bonds is 5. The first kappa shape index (κ1) is 11.2. The van der Waals surface area contributed by atoms with Gasteiger partial charge in [0, 0.05) is 19.0 Å². The zero-order chi connectivity index (χ0) is 10.2. The molecule has 14 heavy (non-hydrogen) atoms. The lowest BCUT2D eigenvalue weighted by atomic mass is 9.94. The molecular weight excluding hydrogens is 176 g/mol. The van der Waals surface area contributed by atoms with Crippen LogP contribution in [-0.2, 0) is 4.79 Å². The third kappa shape index (κ3) is 3.92. The van der Waals surface area contributed by atoms with Crippen LogP contribution in [0, 0.1) is 5.92 Å². The Hall–Kier alpha value is -0.830. The molecule has 0 bridgehead atoms. The lowest BCUT2D eigenvalue weighted by molar-refractivity contribution is -0.125. The number of allylic oxidation sites excluding steroid dienone is 2. The second kappa shape index (κ2) is 6.60. The second-order valence-corrected chi connectivity index (χ2v) is 3.63. The number of amides is 1. The third-order valence-electron chi connectivity index (χ3n) is 2.49. The number of nitrogens with one attached hydrogen (secondary N) is 2. The van der Waals surface area contributed by atoms with E-state index in [-0.39, 0.29) is 11.8 Å². The van der Waals surface area contributed by atoms with E-state index in [0.717, 1.165) is 38.9 Å². The van der Waals surface area contributed by atoms with Gasteiger partial charge < -0.3 is 10.6 Å². The first-order valence-electron chi connectivity index (χ1n) is 5.48. The number of hydrogen-bond donors (Lipinski definition) is 2. The fraction of sp³-hybridized carbons (Fsp3) is 0.727. The summed E-state index contributed by atoms with van der Waals surface area (Å²) in [6.07, 6.45) is 7.22. The molecule has 0 aromatic heterocycles. The van der Waals surface area contributed by atoms with Crippen LogP contribution in [0.2, 0.25) is 0 Å². The normalized spacial score (nSPS) is 20.8. The Kier molecular flexibility index (Phi) is 5.30. The van der Waals surface area contributed by atoms with Gasteiger partial charge in [-0.1, -0.05) is 19.1 Å². The molecule has 3 heteroatoms. The molecule has 0 fully saturated rings. The molecule has 0 saturated heterocycles. The highest BCUT2D eigenvalue weighted by molar-refractivity contribution is 5.78. The standard InChI is InChI=1S/C11H20N2O/c1-2-12-8-9-13-11(14)10-6-4-3-5-7-10/h3-4,10,12H,2,5-9H2,1H3,(H,13,14). The van der Waals surface area contributed by atoms with Gasteiger partial charge in [0.15, 0.2) is 0 Å². The molecule has 0 aliphatic heterocycles. The van der Waals surface area contributed by atoms with Crippen molar-refractivity contribution >= 4 is 5.91 Å². The Morgan fingerprint density at radius 1 is 1.43 bits per heavy atom. The first-order chi connectivity index (χ1) is 6.84. The van der Waals surface area contributed by atoms with Crippen LogP contribution in [-0.4, -0.2) is 25.5 Å². The van der Waals surface area contributed by atoms with Crippen molar-refractivity contribution in [1.29, 1.82) is 0 Å². The van der Waals surface area contributed by atoms with Gasteiger partial charge in [-0.2, -0.15) is 0 Å². The van der Waals surface area contributed by atoms with Crippen LogP contribution in [0.3, 0.4) is 0 Å². The highest BCUT2D eigenvalue weighted by Crippen LogP contribution is 2.17. The number of carbonyl (C=O) groups excluding carboxylic acids is 1. The van der Waals surface area contributed by atoms with Crippen molar-refractivity contribution < 1.29 is 4.79 Å². The first-order valence-corrected chi connectivity index (χ1v) is 5.48. The SMILES string of the molecule is CCNCCNC(=O)C1CC=CCC1. The van der Waals surface area contributed by atoms with Crippen LogP contribution in [0.15, 0.2) is 12.2 Å². The van der Waals surface area contributed by atoms with Gasteiger partial charge >= 0.3 is 0 Å². The highest BCUT2D eigenvalue weighted by atomic mass is 16.1. The second-order valence-electron chi connectivity index (χ2n) is 3.63. The number of hydrogen-bond acceptors (Lipinski definition) is 2. The minimum absolute atomic E-state index is 0.210. The monoisotopic (exact) mass is 196 g/mol. The minimum atomic E-state index is 0.210. The van der Waals surface area contributed by atoms with Crippen molar-refractivity contribution in [1.82, 2.24) is 10.6 Å². The summed E-state index contributed by atoms with van der Waals surface area (Å²) >= 11 is 0. The van der Waals surface area contributed by atoms with Gasteiger partial charge in [0.2, 0.25) is 5.91 Å². The van der Waals surface area contributed by atoms with Crippen LogP contribution in [0.1, 0.15) is 26.2 Å². The van der Waals surface area contributed by atoms with Crippen molar-refractivity contribution in [2.45, 2.75) is 26.2 Å². The lowest BCUT2D eigenvalue weighted by Crippen LogP contribution is -2.36. The molecule has 1 atom stereocenters. The quantitative estimate of drug-likeness (QED) is 0.510. The Morgan fingerprint density at radius 2 is 2.29 bits per heavy atom. The van der Waals surface area contributed by atoms with E-state index in [4.69, 9.17) is 0 Å². The van der Waals surface area contributed by atoms with Gasteiger partial charge in [0.05, 0.1) is 0 Å². The summed E-state index contributed by atoms with van der Waals surface area (Å²) in [5, 5.41) is 6.13. The van der Waals surface area contributed by atoms with Crippen LogP contribution in [0.25, 0.3) is 0 Å². The Bertz CT molecular complexity index is 201. The van der Waals surface area contributed by atoms with E-state index in [9.17, 15) is 4.79 Å². The average molecular weight is 196 g/mol. The van der Waals surface area contributed by atoms with Crippen molar-refractivity contribution in [3.8, 4) is 0 Å². The summed E-state index contributed by atoms with van der Waals surface area (Å²) in [5.74, 6) is 0.425. The van der Waals surface area contributed by atoms with E-state index in [1.54, 1.807) is 0 Å². The van der Waals surface area contributed by atoms with Crippen molar-refractivity contribution in [3.05, 3.63) is 12.2 Å². The van der Waals surface area contributed by atoms with E-state index in [0.29, 0.717) is 0 Å². The maximum absolute atomic E-state index is 11.6. The van der Waals surface area contributed by atoms with Gasteiger partial charge in [-0.3, -0.25) is 4.79 Å². The molecule has 1 amide bonds. The molecule has 1 aliphatic carbocycles. The summed E-state index contributed by atoms with van der Waals surface area (Å²) in [4.78, 5) is 11.6. The molecule has 3 nitrogen and oxygen atoms in total. The molecule has 2 N–H and O–H groups in total. The Balaban J connectivity index is 2.11. The largest absolute Gasteiger partial charge is 0.355 e. The fourth-order valence-corrected chi connectivity index (χ4v) is 1.63. The van der Waals surface area contributed by atoms with Crippen LogP contribution < -0.4 is 10.6 Å². The molecule has 0 heterocycles. The molecule has 0 radical (unpaired) electrons. The molecule has 0 aromatic carbocycles. The van der Waals surface area contributed by atoms with Gasteiger partial charge in [-0.15, -0.1) is 0 Å². The maximum Gasteiger partial charge on any atom is 0.223 e. The van der Waals surface area contributed by atoms with E-state index < -0.39 is 0 Å². The van der Waals surface area contributed by atoms with Crippen molar-refractivity contribution in [2.24, 2.45) is 5.92 Å². The van der Waals surface area contributed by atoms with Crippen molar-refractivity contribution in [3.63, 3.8) is 0 Å². The number of carbonyl (C=O) groups is 1. The molecule has 1 unspecified atom stereocenters. The molecule has 0 spiro atoms. The van der Waals surface area contributed by atoms with Gasteiger partial charge in [-0.05, 0) is 25.8 Å². The van der Waals surface area contributed by atoms with E-state index >= 15 is 0 Å². The van der Waals surface area contributed by atoms with E-state index in [1.807, 2.05) is 0 Å². The van der Waals surface area contributed by atoms with Crippen LogP contribution >= 0.6 is 0 Å². The maximum atomic E-state index is 11.6. The minimum Gasteiger partial charge on any atom is -0.355 e. The predicted molar refractivity (Wildman–Crippen MR) is 58.0 cm³/mol. The topological polar surface area (TPSA) is 41.1 Å². The summed E-state index contributed by atoms with van der Waals surface area (Å²) in [6, 6.07) is 0. The van der Waals surface area contributed by atoms with Crippen molar-refractivity contribution in [2.75, 3.05) is 19.6 Å². The molecule has 1 aliphatic rings. The Labute approximate surface area is 86.0 Å². The summed E-state index contributed by atoms with van der Waals surface area (Å²) in [6.45, 7) is 4.63. The van der Waals surface area contributed by atoms with Gasteiger partial charge in [-0.25, -0.2) is 0 Å². The lowest BCUT2D eigenvalue weighted by Gasteiger charge is -2.17. The van der Waals surface area contributed by atoms with Gasteiger partial charge in [0.25, 0.3) is 0 Å². The Morgan fingerprint density at radius 3 is 2.93 bits per heavy atom. The van der Waals surface area contributed by atoms with Crippen LogP contribution in [0.5, 0.6) is 0 Å². The third-order valence-corrected chi connectivity index (χ3v) is 2.49. The average Bonchev–Trinajstić information content (AvgIpc) is 2.25. The number of likely N-dealkylation sites (N-methyl/N-ethyl adjacent to an activating group) is 1. The summed E-state index contributed by atoms with van der Waals surface area (Å²) < 4.78 is 0. The predicted octanol–water partition coefficient (Wildman–Crippen LogP) is 1.07. The fourth-order valence-electron chi connectivity index (χ4n) is 1.63. The van der Waals surface area contributed by atoms with Crippen LogP contribution in [0.4, 0.5) is 0 Å². The van der Waals surface area contributed by atoms with Gasteiger partial charge in [0.1, 0.15) is 0 Å². The molecular formula is C11H20N2O. The summed E-state index contributed by atoms with van der Waals surface area (Å²) in [5.41, 5.74) is 0. The molecule has 0 aromatic rings. The molecule has 0 saturated carbocycles. The van der Waals surface area contributed by atoms with E-state index in [2.05, 4.69) is 29.7 Å². The smallest absolute Gasteiger partial charge is 0.223 e. The zero-order valence-corrected chi connectivity index (χ0v) is 8.88. The highest BCUT2D eigenvalue weighted by Gasteiger charge is 2.17. The summed E-state index contributed by atoms with van der Waals surface area (Å²) in [7, 11) is 0.